The van der Waals surface area contributed by atoms with E-state index in [1.807, 2.05) is 0 Å². The van der Waals surface area contributed by atoms with Crippen molar-refractivity contribution >= 4 is 0 Å². The van der Waals surface area contributed by atoms with E-state index in [1.54, 1.807) is 6.92 Å². The SMILES string of the molecule is Cc1nn[nH]n1.O=c1cco[nH]1.O=c1ccocc1O. The highest BCUT2D eigenvalue weighted by Crippen LogP contribution is 1.94. The molecule has 3 aromatic rings. The minimum absolute atomic E-state index is 0.199. The largest absolute Gasteiger partial charge is 0.502 e. The lowest BCUT2D eigenvalue weighted by Crippen LogP contribution is -1.93. The third kappa shape index (κ3) is 5.95. The lowest BCUT2D eigenvalue weighted by molar-refractivity contribution is 0.413. The van der Waals surface area contributed by atoms with Gasteiger partial charge in [0.25, 0.3) is 5.56 Å². The van der Waals surface area contributed by atoms with Gasteiger partial charge in [-0.1, -0.05) is 5.21 Å². The van der Waals surface area contributed by atoms with Crippen molar-refractivity contribution in [2.75, 3.05) is 0 Å². The molecule has 20 heavy (non-hydrogen) atoms. The van der Waals surface area contributed by atoms with Crippen LogP contribution >= 0.6 is 0 Å². The number of hydrogen-bond acceptors (Lipinski definition) is 8. The molecule has 3 aromatic heterocycles. The number of H-pyrrole nitrogens is 2. The summed E-state index contributed by atoms with van der Waals surface area (Å²) in [6.45, 7) is 1.77. The molecule has 0 radical (unpaired) electrons. The first-order valence-electron chi connectivity index (χ1n) is 5.17. The molecule has 0 saturated carbocycles. The fraction of sp³-hybridized carbons (Fsp3) is 0.100. The summed E-state index contributed by atoms with van der Waals surface area (Å²) < 4.78 is 8.72. The molecule has 10 heteroatoms. The van der Waals surface area contributed by atoms with Gasteiger partial charge in [-0.15, -0.1) is 10.2 Å². The predicted molar refractivity (Wildman–Crippen MR) is 64.9 cm³/mol. The van der Waals surface area contributed by atoms with Crippen LogP contribution in [0.25, 0.3) is 0 Å². The van der Waals surface area contributed by atoms with Crippen LogP contribution in [0, 0.1) is 6.92 Å². The Balaban J connectivity index is 0.000000152. The summed E-state index contributed by atoms with van der Waals surface area (Å²) in [4.78, 5) is 20.2. The zero-order valence-electron chi connectivity index (χ0n) is 10.3. The fourth-order valence-electron chi connectivity index (χ4n) is 0.782. The molecule has 0 atom stereocenters. The third-order valence-corrected chi connectivity index (χ3v) is 1.63. The number of rotatable bonds is 0. The van der Waals surface area contributed by atoms with E-state index in [4.69, 9.17) is 5.11 Å². The average molecular weight is 281 g/mol. The molecule has 3 N–H and O–H groups in total. The Hall–Kier alpha value is -3.17. The lowest BCUT2D eigenvalue weighted by Gasteiger charge is -1.82. The molecule has 0 aromatic carbocycles. The van der Waals surface area contributed by atoms with E-state index in [-0.39, 0.29) is 11.3 Å². The summed E-state index contributed by atoms with van der Waals surface area (Å²) in [5.41, 5.74) is -0.619. The maximum Gasteiger partial charge on any atom is 0.279 e. The highest BCUT2D eigenvalue weighted by molar-refractivity contribution is 5.10. The molecule has 0 bridgehead atoms. The maximum atomic E-state index is 10.3. The fourth-order valence-corrected chi connectivity index (χ4v) is 0.782. The smallest absolute Gasteiger partial charge is 0.279 e. The first kappa shape index (κ1) is 14.9. The molecule has 0 saturated heterocycles. The Bertz CT molecular complexity index is 682. The van der Waals surface area contributed by atoms with Gasteiger partial charge < -0.3 is 14.0 Å². The molecule has 0 spiro atoms. The number of aromatic nitrogens is 5. The molecule has 0 aliphatic heterocycles. The average Bonchev–Trinajstić information content (AvgIpc) is 3.08. The molecule has 0 unspecified atom stereocenters. The Morgan fingerprint density at radius 1 is 1.25 bits per heavy atom. The van der Waals surface area contributed by atoms with Crippen LogP contribution in [0.4, 0.5) is 0 Å². The summed E-state index contributed by atoms with van der Waals surface area (Å²) in [6.07, 6.45) is 3.49. The van der Waals surface area contributed by atoms with Crippen molar-refractivity contribution in [1.82, 2.24) is 25.8 Å². The topological polar surface area (TPSA) is 151 Å². The van der Waals surface area contributed by atoms with E-state index in [2.05, 4.69) is 34.7 Å². The quantitative estimate of drug-likeness (QED) is 0.513. The van der Waals surface area contributed by atoms with Crippen LogP contribution in [0.15, 0.2) is 49.5 Å². The van der Waals surface area contributed by atoms with Gasteiger partial charge in [-0.3, -0.25) is 9.59 Å². The summed E-state index contributed by atoms with van der Waals surface area (Å²) in [5, 5.41) is 23.3. The first-order valence-corrected chi connectivity index (χ1v) is 5.17. The summed E-state index contributed by atoms with van der Waals surface area (Å²) in [6, 6.07) is 2.45. The predicted octanol–water partition coefficient (Wildman–Crippen LogP) is -0.179. The van der Waals surface area contributed by atoms with Crippen LogP contribution in [-0.2, 0) is 0 Å². The van der Waals surface area contributed by atoms with Crippen molar-refractivity contribution < 1.29 is 14.0 Å². The molecule has 0 aliphatic rings. The Morgan fingerprint density at radius 2 is 2.05 bits per heavy atom. The second-order valence-corrected chi connectivity index (χ2v) is 3.15. The van der Waals surface area contributed by atoms with E-state index in [1.165, 1.54) is 18.6 Å². The van der Waals surface area contributed by atoms with E-state index < -0.39 is 5.43 Å². The normalized spacial score (nSPS) is 8.85. The highest BCUT2D eigenvalue weighted by atomic mass is 16.5. The van der Waals surface area contributed by atoms with Gasteiger partial charge in [-0.25, -0.2) is 0 Å². The Kier molecular flexibility index (Phi) is 5.97. The van der Waals surface area contributed by atoms with Gasteiger partial charge >= 0.3 is 0 Å². The molecule has 3 heterocycles. The van der Waals surface area contributed by atoms with E-state index in [0.29, 0.717) is 5.82 Å². The molecule has 3 rings (SSSR count). The van der Waals surface area contributed by atoms with Crippen molar-refractivity contribution in [3.05, 3.63) is 57.3 Å². The van der Waals surface area contributed by atoms with Crippen LogP contribution < -0.4 is 11.0 Å². The zero-order chi connectivity index (χ0) is 14.8. The number of nitrogens with one attached hydrogen (secondary N) is 2. The van der Waals surface area contributed by atoms with E-state index in [0.717, 1.165) is 12.3 Å². The number of hydrogen-bond donors (Lipinski definition) is 3. The maximum absolute atomic E-state index is 10.3. The third-order valence-electron chi connectivity index (χ3n) is 1.63. The van der Waals surface area contributed by atoms with Crippen LogP contribution in [0.5, 0.6) is 5.75 Å². The number of aromatic amines is 2. The molecule has 0 fully saturated rings. The van der Waals surface area contributed by atoms with Crippen LogP contribution in [0.1, 0.15) is 5.82 Å². The molecule has 0 aliphatic carbocycles. The van der Waals surface area contributed by atoms with Gasteiger partial charge in [-0.2, -0.15) is 10.4 Å². The minimum Gasteiger partial charge on any atom is -0.502 e. The van der Waals surface area contributed by atoms with Crippen LogP contribution in [0.3, 0.4) is 0 Å². The van der Waals surface area contributed by atoms with Crippen molar-refractivity contribution in [2.45, 2.75) is 6.92 Å². The van der Waals surface area contributed by atoms with Gasteiger partial charge in [0.1, 0.15) is 12.5 Å². The van der Waals surface area contributed by atoms with Crippen molar-refractivity contribution in [3.8, 4) is 5.75 Å². The minimum atomic E-state index is -0.420. The van der Waals surface area contributed by atoms with Crippen molar-refractivity contribution in [1.29, 1.82) is 0 Å². The Morgan fingerprint density at radius 3 is 2.30 bits per heavy atom. The van der Waals surface area contributed by atoms with Crippen molar-refractivity contribution in [2.24, 2.45) is 0 Å². The molecule has 106 valence electrons. The Labute approximate surface area is 111 Å². The number of aryl methyl sites for hydroxylation is 1. The number of nitrogens with zero attached hydrogens (tertiary/aromatic N) is 3. The molecule has 0 amide bonds. The second kappa shape index (κ2) is 8.02. The zero-order valence-corrected chi connectivity index (χ0v) is 10.3. The highest BCUT2D eigenvalue weighted by Gasteiger charge is 1.89. The van der Waals surface area contributed by atoms with E-state index in [9.17, 15) is 9.59 Å². The summed E-state index contributed by atoms with van der Waals surface area (Å²) in [5.74, 6) is 0.322. The summed E-state index contributed by atoms with van der Waals surface area (Å²) >= 11 is 0. The molecular formula is C10H11N5O5. The summed E-state index contributed by atoms with van der Waals surface area (Å²) in [7, 11) is 0. The van der Waals surface area contributed by atoms with E-state index >= 15 is 0 Å². The number of aromatic hydroxyl groups is 1. The van der Waals surface area contributed by atoms with Crippen LogP contribution in [0.2, 0.25) is 0 Å². The van der Waals surface area contributed by atoms with Gasteiger partial charge in [0.2, 0.25) is 5.43 Å². The molecule has 10 nitrogen and oxygen atoms in total. The standard InChI is InChI=1S/C5H4O3.C3H3NO2.C2H4N4/c6-4-1-2-8-3-5(4)7;5-3-1-2-6-4-3;1-2-3-5-6-4-2/h1-3,7H;1-2H,(H,4,5);1H3,(H,3,4,5,6). The van der Waals surface area contributed by atoms with Gasteiger partial charge in [0.15, 0.2) is 11.6 Å². The van der Waals surface area contributed by atoms with Crippen molar-refractivity contribution in [3.63, 3.8) is 0 Å². The van der Waals surface area contributed by atoms with Gasteiger partial charge in [0.05, 0.1) is 6.26 Å². The van der Waals surface area contributed by atoms with Gasteiger partial charge in [0, 0.05) is 12.1 Å². The first-order chi connectivity index (χ1) is 9.59. The molecular weight excluding hydrogens is 270 g/mol. The van der Waals surface area contributed by atoms with Crippen LogP contribution in [-0.4, -0.2) is 30.9 Å². The second-order valence-electron chi connectivity index (χ2n) is 3.15. The van der Waals surface area contributed by atoms with Gasteiger partial charge in [-0.05, 0) is 6.92 Å². The monoisotopic (exact) mass is 281 g/mol. The lowest BCUT2D eigenvalue weighted by atomic mass is 10.5. The number of tetrazole rings is 1.